The number of hydrogen-bond donors (Lipinski definition) is 1. The van der Waals surface area contributed by atoms with Crippen LogP contribution in [-0.2, 0) is 4.79 Å². The SMILES string of the molecule is O=C1CN(C2CCC2)CC2CC(c3c(O)ccc(Cl)c3Cl)CN12. The van der Waals surface area contributed by atoms with Gasteiger partial charge in [0.15, 0.2) is 0 Å². The Balaban J connectivity index is 1.57. The molecule has 1 N–H and O–H groups in total. The molecule has 0 bridgehead atoms. The molecule has 0 spiro atoms. The Labute approximate surface area is 146 Å². The van der Waals surface area contributed by atoms with E-state index in [2.05, 4.69) is 4.90 Å². The van der Waals surface area contributed by atoms with Gasteiger partial charge in [-0.15, -0.1) is 0 Å². The number of halogens is 2. The number of carbonyl (C=O) groups is 1. The lowest BCUT2D eigenvalue weighted by Gasteiger charge is -2.44. The van der Waals surface area contributed by atoms with Crippen molar-refractivity contribution < 1.29 is 9.90 Å². The second-order valence-corrected chi connectivity index (χ2v) is 7.73. The van der Waals surface area contributed by atoms with Gasteiger partial charge in [-0.2, -0.15) is 0 Å². The van der Waals surface area contributed by atoms with Gasteiger partial charge >= 0.3 is 0 Å². The van der Waals surface area contributed by atoms with Crippen LogP contribution in [0.1, 0.15) is 37.2 Å². The smallest absolute Gasteiger partial charge is 0.237 e. The first kappa shape index (κ1) is 15.6. The lowest BCUT2D eigenvalue weighted by molar-refractivity contribution is -0.139. The third-order valence-electron chi connectivity index (χ3n) is 5.63. The van der Waals surface area contributed by atoms with Gasteiger partial charge in [0.25, 0.3) is 0 Å². The quantitative estimate of drug-likeness (QED) is 0.886. The van der Waals surface area contributed by atoms with Crippen LogP contribution in [0.3, 0.4) is 0 Å². The van der Waals surface area contributed by atoms with Crippen LogP contribution in [0, 0.1) is 0 Å². The number of aromatic hydroxyl groups is 1. The second kappa shape index (κ2) is 5.83. The minimum Gasteiger partial charge on any atom is -0.508 e. The summed E-state index contributed by atoms with van der Waals surface area (Å²) in [5.74, 6) is 0.428. The number of amides is 1. The number of benzene rings is 1. The maximum Gasteiger partial charge on any atom is 0.237 e. The predicted molar refractivity (Wildman–Crippen MR) is 90.2 cm³/mol. The molecule has 1 amide bonds. The fraction of sp³-hybridized carbons (Fsp3) is 0.588. The van der Waals surface area contributed by atoms with Crippen molar-refractivity contribution in [2.75, 3.05) is 19.6 Å². The Morgan fingerprint density at radius 2 is 1.91 bits per heavy atom. The van der Waals surface area contributed by atoms with Crippen molar-refractivity contribution in [3.05, 3.63) is 27.7 Å². The summed E-state index contributed by atoms with van der Waals surface area (Å²) in [5, 5.41) is 11.1. The maximum atomic E-state index is 12.5. The third-order valence-corrected chi connectivity index (χ3v) is 6.45. The van der Waals surface area contributed by atoms with E-state index in [1.54, 1.807) is 12.1 Å². The van der Waals surface area contributed by atoms with Gasteiger partial charge in [0.2, 0.25) is 5.91 Å². The molecule has 2 atom stereocenters. The number of phenolic OH excluding ortho intramolecular Hbond substituents is 1. The molecule has 0 aromatic heterocycles. The van der Waals surface area contributed by atoms with Gasteiger partial charge in [-0.25, -0.2) is 0 Å². The van der Waals surface area contributed by atoms with E-state index in [9.17, 15) is 9.90 Å². The standard InChI is InChI=1S/C17H20Cl2N2O2/c18-13-4-5-14(22)16(17(13)19)10-6-12-8-20(11-2-1-3-11)9-15(23)21(12)7-10/h4-5,10-12,22H,1-3,6-9H2. The second-order valence-electron chi connectivity index (χ2n) is 6.94. The van der Waals surface area contributed by atoms with E-state index in [-0.39, 0.29) is 23.6 Å². The molecule has 1 aromatic carbocycles. The summed E-state index contributed by atoms with van der Waals surface area (Å²) in [5.41, 5.74) is 0.691. The predicted octanol–water partition coefficient (Wildman–Crippen LogP) is 3.25. The van der Waals surface area contributed by atoms with E-state index < -0.39 is 0 Å². The van der Waals surface area contributed by atoms with Gasteiger partial charge in [-0.05, 0) is 31.4 Å². The highest BCUT2D eigenvalue weighted by molar-refractivity contribution is 6.42. The van der Waals surface area contributed by atoms with Crippen LogP contribution in [0.15, 0.2) is 12.1 Å². The number of phenols is 1. The van der Waals surface area contributed by atoms with Crippen LogP contribution in [0.2, 0.25) is 10.0 Å². The lowest BCUT2D eigenvalue weighted by Crippen LogP contribution is -2.57. The number of hydrogen-bond acceptors (Lipinski definition) is 3. The van der Waals surface area contributed by atoms with Crippen LogP contribution in [-0.4, -0.2) is 52.5 Å². The normalized spacial score (nSPS) is 28.8. The number of carbonyl (C=O) groups excluding carboxylic acids is 1. The Kier molecular flexibility index (Phi) is 3.94. The highest BCUT2D eigenvalue weighted by Gasteiger charge is 2.43. The molecule has 4 nitrogen and oxygen atoms in total. The highest BCUT2D eigenvalue weighted by atomic mass is 35.5. The molecule has 2 heterocycles. The minimum absolute atomic E-state index is 0.0523. The topological polar surface area (TPSA) is 43.8 Å². The van der Waals surface area contributed by atoms with E-state index in [0.29, 0.717) is 34.7 Å². The van der Waals surface area contributed by atoms with Crippen molar-refractivity contribution in [3.63, 3.8) is 0 Å². The molecule has 124 valence electrons. The molecule has 1 saturated carbocycles. The monoisotopic (exact) mass is 354 g/mol. The Morgan fingerprint density at radius 1 is 1.13 bits per heavy atom. The summed E-state index contributed by atoms with van der Waals surface area (Å²) < 4.78 is 0. The summed E-state index contributed by atoms with van der Waals surface area (Å²) in [4.78, 5) is 16.8. The molecule has 3 aliphatic rings. The van der Waals surface area contributed by atoms with E-state index in [4.69, 9.17) is 23.2 Å². The molecule has 2 aliphatic heterocycles. The number of piperazine rings is 1. The molecule has 2 saturated heterocycles. The summed E-state index contributed by atoms with van der Waals surface area (Å²) >= 11 is 12.4. The number of rotatable bonds is 2. The van der Waals surface area contributed by atoms with Gasteiger partial charge in [0.05, 0.1) is 16.6 Å². The maximum absolute atomic E-state index is 12.5. The van der Waals surface area contributed by atoms with Gasteiger partial charge in [-0.1, -0.05) is 29.6 Å². The fourth-order valence-electron chi connectivity index (χ4n) is 4.18. The van der Waals surface area contributed by atoms with Gasteiger partial charge in [-0.3, -0.25) is 9.69 Å². The van der Waals surface area contributed by atoms with Crippen molar-refractivity contribution >= 4 is 29.1 Å². The molecule has 1 aliphatic carbocycles. The zero-order valence-corrected chi connectivity index (χ0v) is 14.4. The van der Waals surface area contributed by atoms with Crippen LogP contribution in [0.25, 0.3) is 0 Å². The van der Waals surface area contributed by atoms with Crippen molar-refractivity contribution in [1.29, 1.82) is 0 Å². The average molecular weight is 355 g/mol. The first-order valence-corrected chi connectivity index (χ1v) is 9.00. The van der Waals surface area contributed by atoms with Gasteiger partial charge < -0.3 is 10.0 Å². The van der Waals surface area contributed by atoms with E-state index in [1.165, 1.54) is 19.3 Å². The first-order chi connectivity index (χ1) is 11.0. The van der Waals surface area contributed by atoms with Gasteiger partial charge in [0.1, 0.15) is 5.75 Å². The van der Waals surface area contributed by atoms with Crippen LogP contribution >= 0.6 is 23.2 Å². The van der Waals surface area contributed by atoms with Crippen LogP contribution < -0.4 is 0 Å². The zero-order valence-electron chi connectivity index (χ0n) is 12.8. The molecule has 1 aromatic rings. The Morgan fingerprint density at radius 3 is 2.61 bits per heavy atom. The average Bonchev–Trinajstić information content (AvgIpc) is 2.86. The lowest BCUT2D eigenvalue weighted by atomic mass is 9.90. The first-order valence-electron chi connectivity index (χ1n) is 8.25. The van der Waals surface area contributed by atoms with Crippen LogP contribution in [0.4, 0.5) is 0 Å². The molecule has 3 fully saturated rings. The summed E-state index contributed by atoms with van der Waals surface area (Å²) in [6.45, 7) is 2.09. The van der Waals surface area contributed by atoms with Gasteiger partial charge in [0, 0.05) is 36.7 Å². The molecular formula is C17H20Cl2N2O2. The summed E-state index contributed by atoms with van der Waals surface area (Å²) in [6.07, 6.45) is 4.54. The van der Waals surface area contributed by atoms with Crippen molar-refractivity contribution in [2.24, 2.45) is 0 Å². The highest BCUT2D eigenvalue weighted by Crippen LogP contribution is 2.44. The Bertz CT molecular complexity index is 648. The van der Waals surface area contributed by atoms with Crippen LogP contribution in [0.5, 0.6) is 5.75 Å². The van der Waals surface area contributed by atoms with Crippen molar-refractivity contribution in [2.45, 2.75) is 43.7 Å². The molecular weight excluding hydrogens is 335 g/mol. The summed E-state index contributed by atoms with van der Waals surface area (Å²) in [7, 11) is 0. The minimum atomic E-state index is 0.0523. The molecule has 0 radical (unpaired) electrons. The van der Waals surface area contributed by atoms with Crippen molar-refractivity contribution in [1.82, 2.24) is 9.80 Å². The molecule has 6 heteroatoms. The largest absolute Gasteiger partial charge is 0.508 e. The third kappa shape index (κ3) is 2.61. The summed E-state index contributed by atoms with van der Waals surface area (Å²) in [6, 6.07) is 4.00. The van der Waals surface area contributed by atoms with E-state index in [0.717, 1.165) is 13.0 Å². The number of nitrogens with zero attached hydrogens (tertiary/aromatic N) is 2. The van der Waals surface area contributed by atoms with E-state index >= 15 is 0 Å². The van der Waals surface area contributed by atoms with E-state index in [1.807, 2.05) is 4.90 Å². The Hall–Kier alpha value is -0.970. The fourth-order valence-corrected chi connectivity index (χ4v) is 4.66. The number of fused-ring (bicyclic) bond motifs is 1. The molecule has 4 rings (SSSR count). The van der Waals surface area contributed by atoms with Crippen molar-refractivity contribution in [3.8, 4) is 5.75 Å². The zero-order chi connectivity index (χ0) is 16.1. The molecule has 23 heavy (non-hydrogen) atoms. The molecule has 2 unspecified atom stereocenters.